The number of hydrogen-bond acceptors (Lipinski definition) is 6. The molecule has 6 nitrogen and oxygen atoms in total. The van der Waals surface area contributed by atoms with Crippen molar-refractivity contribution in [3.05, 3.63) is 41.7 Å². The van der Waals surface area contributed by atoms with Gasteiger partial charge in [-0.3, -0.25) is 0 Å². The first-order valence-corrected chi connectivity index (χ1v) is 10.0. The number of nitrogens with two attached hydrogens (primary N) is 1. The van der Waals surface area contributed by atoms with Crippen LogP contribution < -0.4 is 16.0 Å². The Bertz CT molecular complexity index is 1100. The second-order valence-corrected chi connectivity index (χ2v) is 7.80. The fourth-order valence-electron chi connectivity index (χ4n) is 4.08. The van der Waals surface area contributed by atoms with Gasteiger partial charge >= 0.3 is 6.18 Å². The van der Waals surface area contributed by atoms with Crippen molar-refractivity contribution in [3.63, 3.8) is 0 Å². The number of benzene rings is 1. The molecule has 30 heavy (non-hydrogen) atoms. The number of pyridine rings is 1. The Balaban J connectivity index is 1.73. The molecule has 0 amide bonds. The summed E-state index contributed by atoms with van der Waals surface area (Å²) in [6.45, 7) is 3.37. The van der Waals surface area contributed by atoms with Gasteiger partial charge in [0.2, 0.25) is 0 Å². The summed E-state index contributed by atoms with van der Waals surface area (Å²) < 4.78 is 41.1. The molecule has 5 rings (SSSR count). The first kappa shape index (κ1) is 19.0. The third-order valence-electron chi connectivity index (χ3n) is 5.70. The van der Waals surface area contributed by atoms with E-state index < -0.39 is 11.7 Å². The van der Waals surface area contributed by atoms with E-state index in [1.807, 2.05) is 6.07 Å². The normalized spacial score (nSPS) is 17.5. The largest absolute Gasteiger partial charge is 0.418 e. The SMILES string of the molecule is Nc1ccc(C(F)(F)F)c(-c2cc3ncnc(N4CCNCC4)c3cc2C2CC2)n1. The highest BCUT2D eigenvalue weighted by atomic mass is 19.4. The number of piperazine rings is 1. The van der Waals surface area contributed by atoms with Gasteiger partial charge in [0.05, 0.1) is 16.8 Å². The van der Waals surface area contributed by atoms with Crippen molar-refractivity contribution in [1.29, 1.82) is 0 Å². The van der Waals surface area contributed by atoms with Crippen LogP contribution >= 0.6 is 0 Å². The van der Waals surface area contributed by atoms with E-state index in [1.54, 1.807) is 6.07 Å². The summed E-state index contributed by atoms with van der Waals surface area (Å²) in [6.07, 6.45) is -1.17. The summed E-state index contributed by atoms with van der Waals surface area (Å²) in [5.74, 6) is 1.10. The highest BCUT2D eigenvalue weighted by molar-refractivity contribution is 5.94. The monoisotopic (exact) mass is 414 g/mol. The number of nitrogen functional groups attached to an aromatic ring is 1. The molecule has 0 radical (unpaired) electrons. The summed E-state index contributed by atoms with van der Waals surface area (Å²) >= 11 is 0. The minimum absolute atomic E-state index is 0.0593. The van der Waals surface area contributed by atoms with E-state index in [9.17, 15) is 13.2 Å². The topological polar surface area (TPSA) is 80.0 Å². The van der Waals surface area contributed by atoms with Crippen LogP contribution in [0.4, 0.5) is 24.8 Å². The van der Waals surface area contributed by atoms with Crippen LogP contribution in [0.3, 0.4) is 0 Å². The Morgan fingerprint density at radius 1 is 1.07 bits per heavy atom. The molecule has 1 aliphatic carbocycles. The lowest BCUT2D eigenvalue weighted by molar-refractivity contribution is -0.137. The Hall–Kier alpha value is -2.94. The molecule has 1 aromatic carbocycles. The zero-order chi connectivity index (χ0) is 20.9. The van der Waals surface area contributed by atoms with Gasteiger partial charge in [-0.2, -0.15) is 13.2 Å². The van der Waals surface area contributed by atoms with Crippen LogP contribution in [0.5, 0.6) is 0 Å². The van der Waals surface area contributed by atoms with Crippen molar-refractivity contribution < 1.29 is 13.2 Å². The van der Waals surface area contributed by atoms with E-state index >= 15 is 0 Å². The lowest BCUT2D eigenvalue weighted by Gasteiger charge is -2.29. The standard InChI is InChI=1S/C21H21F3N6/c22-21(23,24)16-3-4-18(25)29-19(16)14-10-17-15(9-13(14)12-1-2-12)20(28-11-27-17)30-7-5-26-6-8-30/h3-4,9-12,26H,1-2,5-8H2,(H2,25,29). The molecule has 9 heteroatoms. The van der Waals surface area contributed by atoms with Crippen LogP contribution in [0, 0.1) is 0 Å². The Morgan fingerprint density at radius 2 is 1.83 bits per heavy atom. The molecule has 0 spiro atoms. The van der Waals surface area contributed by atoms with Crippen molar-refractivity contribution in [2.75, 3.05) is 36.8 Å². The van der Waals surface area contributed by atoms with Crippen LogP contribution in [0.25, 0.3) is 22.2 Å². The first-order valence-electron chi connectivity index (χ1n) is 10.0. The number of anilines is 2. The number of nitrogens with one attached hydrogen (secondary N) is 1. The van der Waals surface area contributed by atoms with Gasteiger partial charge in [-0.05, 0) is 48.6 Å². The zero-order valence-electron chi connectivity index (χ0n) is 16.2. The number of alkyl halides is 3. The van der Waals surface area contributed by atoms with Gasteiger partial charge in [-0.15, -0.1) is 0 Å². The van der Waals surface area contributed by atoms with Crippen molar-refractivity contribution in [2.24, 2.45) is 0 Å². The number of hydrogen-bond donors (Lipinski definition) is 2. The number of halogens is 3. The molecule has 3 heterocycles. The third kappa shape index (κ3) is 3.43. The van der Waals surface area contributed by atoms with Gasteiger partial charge in [0.15, 0.2) is 0 Å². The molecule has 1 saturated heterocycles. The van der Waals surface area contributed by atoms with Gasteiger partial charge in [-0.1, -0.05) is 0 Å². The van der Waals surface area contributed by atoms with E-state index in [2.05, 4.69) is 25.2 Å². The van der Waals surface area contributed by atoms with E-state index in [1.165, 1.54) is 12.4 Å². The number of fused-ring (bicyclic) bond motifs is 1. The lowest BCUT2D eigenvalue weighted by atomic mass is 9.94. The molecular weight excluding hydrogens is 393 g/mol. The minimum Gasteiger partial charge on any atom is -0.384 e. The molecule has 2 aliphatic rings. The molecule has 3 N–H and O–H groups in total. The fraction of sp³-hybridized carbons (Fsp3) is 0.381. The predicted octanol–water partition coefficient (Wildman–Crippen LogP) is 3.58. The average Bonchev–Trinajstić information content (AvgIpc) is 3.57. The quantitative estimate of drug-likeness (QED) is 0.682. The van der Waals surface area contributed by atoms with Crippen molar-refractivity contribution in [1.82, 2.24) is 20.3 Å². The molecule has 2 aromatic heterocycles. The van der Waals surface area contributed by atoms with Crippen LogP contribution in [0.1, 0.15) is 29.9 Å². The molecule has 0 atom stereocenters. The number of aromatic nitrogens is 3. The maximum absolute atomic E-state index is 13.7. The van der Waals surface area contributed by atoms with Gasteiger partial charge < -0.3 is 16.0 Å². The first-order chi connectivity index (χ1) is 14.4. The maximum Gasteiger partial charge on any atom is 0.418 e. The summed E-state index contributed by atoms with van der Waals surface area (Å²) in [6, 6.07) is 5.87. The highest BCUT2D eigenvalue weighted by Gasteiger charge is 2.37. The molecule has 0 bridgehead atoms. The van der Waals surface area contributed by atoms with Gasteiger partial charge in [0, 0.05) is 37.1 Å². The van der Waals surface area contributed by atoms with Crippen molar-refractivity contribution in [2.45, 2.75) is 24.9 Å². The second-order valence-electron chi connectivity index (χ2n) is 7.80. The molecule has 0 unspecified atom stereocenters. The number of rotatable bonds is 3. The van der Waals surface area contributed by atoms with E-state index in [0.717, 1.165) is 61.9 Å². The van der Waals surface area contributed by atoms with Gasteiger partial charge in [0.1, 0.15) is 18.0 Å². The number of nitrogens with zero attached hydrogens (tertiary/aromatic N) is 4. The summed E-state index contributed by atoms with van der Waals surface area (Å²) in [5.41, 5.74) is 6.77. The molecular formula is C21H21F3N6. The fourth-order valence-corrected chi connectivity index (χ4v) is 4.08. The Morgan fingerprint density at radius 3 is 2.53 bits per heavy atom. The van der Waals surface area contributed by atoms with Crippen LogP contribution in [-0.4, -0.2) is 41.1 Å². The van der Waals surface area contributed by atoms with Crippen molar-refractivity contribution in [3.8, 4) is 11.3 Å². The summed E-state index contributed by atoms with van der Waals surface area (Å²) in [5, 5.41) is 4.18. The van der Waals surface area contributed by atoms with E-state index in [4.69, 9.17) is 5.73 Å². The van der Waals surface area contributed by atoms with E-state index in [0.29, 0.717) is 11.1 Å². The van der Waals surface area contributed by atoms with Gasteiger partial charge in [-0.25, -0.2) is 15.0 Å². The van der Waals surface area contributed by atoms with E-state index in [-0.39, 0.29) is 17.4 Å². The van der Waals surface area contributed by atoms with Crippen LogP contribution in [0.15, 0.2) is 30.6 Å². The van der Waals surface area contributed by atoms with Crippen LogP contribution in [0.2, 0.25) is 0 Å². The summed E-state index contributed by atoms with van der Waals surface area (Å²) in [7, 11) is 0. The lowest BCUT2D eigenvalue weighted by Crippen LogP contribution is -2.44. The average molecular weight is 414 g/mol. The summed E-state index contributed by atoms with van der Waals surface area (Å²) in [4.78, 5) is 15.1. The highest BCUT2D eigenvalue weighted by Crippen LogP contribution is 2.48. The van der Waals surface area contributed by atoms with Gasteiger partial charge in [0.25, 0.3) is 0 Å². The zero-order valence-corrected chi connectivity index (χ0v) is 16.2. The molecule has 1 saturated carbocycles. The third-order valence-corrected chi connectivity index (χ3v) is 5.70. The van der Waals surface area contributed by atoms with Crippen molar-refractivity contribution >= 4 is 22.5 Å². The molecule has 3 aromatic rings. The molecule has 1 aliphatic heterocycles. The predicted molar refractivity (Wildman–Crippen MR) is 109 cm³/mol. The molecule has 156 valence electrons. The second kappa shape index (κ2) is 7.09. The Labute approximate surface area is 171 Å². The molecule has 2 fully saturated rings. The minimum atomic E-state index is -4.52. The smallest absolute Gasteiger partial charge is 0.384 e. The maximum atomic E-state index is 13.7. The Kier molecular flexibility index (Phi) is 4.50. The van der Waals surface area contributed by atoms with Crippen LogP contribution in [-0.2, 0) is 6.18 Å².